The van der Waals surface area contributed by atoms with E-state index in [1.54, 1.807) is 6.20 Å². The summed E-state index contributed by atoms with van der Waals surface area (Å²) in [6, 6.07) is 17.9. The number of morpholine rings is 1. The topological polar surface area (TPSA) is 57.4 Å². The van der Waals surface area contributed by atoms with Crippen LogP contribution < -0.4 is 10.9 Å². The summed E-state index contributed by atoms with van der Waals surface area (Å²) in [7, 11) is 0. The van der Waals surface area contributed by atoms with Gasteiger partial charge in [-0.25, -0.2) is 0 Å². The molecule has 1 aromatic heterocycles. The molecule has 6 heteroatoms. The van der Waals surface area contributed by atoms with E-state index >= 15 is 0 Å². The van der Waals surface area contributed by atoms with Crippen molar-refractivity contribution in [3.8, 4) is 11.1 Å². The van der Waals surface area contributed by atoms with Crippen LogP contribution in [0.15, 0.2) is 65.6 Å². The number of aromatic nitrogens is 1. The van der Waals surface area contributed by atoms with Crippen molar-refractivity contribution in [1.82, 2.24) is 9.88 Å². The van der Waals surface area contributed by atoms with Gasteiger partial charge < -0.3 is 15.0 Å². The Morgan fingerprint density at radius 2 is 1.72 bits per heavy atom. The van der Waals surface area contributed by atoms with Crippen molar-refractivity contribution in [1.29, 1.82) is 0 Å². The third kappa shape index (κ3) is 5.26. The van der Waals surface area contributed by atoms with Crippen LogP contribution in [0.2, 0.25) is 5.02 Å². The van der Waals surface area contributed by atoms with Gasteiger partial charge in [-0.05, 0) is 47.0 Å². The standard InChI is InChI=1S/C23H24ClN3O2/c24-21-5-3-18(4-6-21)19-13-20(23(28)26-14-19)15-25-22-7-1-17(2-8-22)16-27-9-11-29-12-10-27/h1-8,13-14,25H,9-12,15-16H2,(H,26,28). The van der Waals surface area contributed by atoms with Gasteiger partial charge in [0, 0.05) is 48.6 Å². The van der Waals surface area contributed by atoms with Crippen molar-refractivity contribution in [3.05, 3.63) is 87.3 Å². The normalized spacial score (nSPS) is 14.7. The summed E-state index contributed by atoms with van der Waals surface area (Å²) in [5.74, 6) is 0. The molecule has 0 amide bonds. The molecule has 0 bridgehead atoms. The van der Waals surface area contributed by atoms with E-state index in [9.17, 15) is 4.79 Å². The highest BCUT2D eigenvalue weighted by Crippen LogP contribution is 2.21. The van der Waals surface area contributed by atoms with Gasteiger partial charge in [0.15, 0.2) is 0 Å². The summed E-state index contributed by atoms with van der Waals surface area (Å²) in [5, 5.41) is 4.04. The molecule has 3 aromatic rings. The van der Waals surface area contributed by atoms with Gasteiger partial charge in [-0.15, -0.1) is 0 Å². The largest absolute Gasteiger partial charge is 0.381 e. The SMILES string of the molecule is O=c1[nH]cc(-c2ccc(Cl)cc2)cc1CNc1ccc(CN2CCOCC2)cc1. The molecular weight excluding hydrogens is 386 g/mol. The molecule has 2 N–H and O–H groups in total. The number of H-pyrrole nitrogens is 1. The zero-order valence-corrected chi connectivity index (χ0v) is 16.9. The molecule has 0 radical (unpaired) electrons. The number of nitrogens with one attached hydrogen (secondary N) is 2. The molecule has 2 aromatic carbocycles. The van der Waals surface area contributed by atoms with Gasteiger partial charge in [-0.1, -0.05) is 35.9 Å². The van der Waals surface area contributed by atoms with Crippen molar-refractivity contribution < 1.29 is 4.74 Å². The molecule has 2 heterocycles. The first-order chi connectivity index (χ1) is 14.2. The first kappa shape index (κ1) is 19.7. The highest BCUT2D eigenvalue weighted by molar-refractivity contribution is 6.30. The van der Waals surface area contributed by atoms with E-state index in [-0.39, 0.29) is 5.56 Å². The van der Waals surface area contributed by atoms with E-state index in [4.69, 9.17) is 16.3 Å². The van der Waals surface area contributed by atoms with Crippen molar-refractivity contribution in [3.63, 3.8) is 0 Å². The van der Waals surface area contributed by atoms with Gasteiger partial charge in [0.25, 0.3) is 5.56 Å². The maximum absolute atomic E-state index is 12.2. The minimum atomic E-state index is -0.0841. The quantitative estimate of drug-likeness (QED) is 0.642. The molecule has 150 valence electrons. The lowest BCUT2D eigenvalue weighted by molar-refractivity contribution is 0.0342. The monoisotopic (exact) mass is 409 g/mol. The van der Waals surface area contributed by atoms with E-state index in [0.29, 0.717) is 17.1 Å². The third-order valence-electron chi connectivity index (χ3n) is 5.10. The van der Waals surface area contributed by atoms with Crippen LogP contribution in [0, 0.1) is 0 Å². The Bertz CT molecular complexity index is 994. The maximum atomic E-state index is 12.2. The van der Waals surface area contributed by atoms with Crippen LogP contribution in [-0.4, -0.2) is 36.2 Å². The first-order valence-corrected chi connectivity index (χ1v) is 10.2. The van der Waals surface area contributed by atoms with Crippen LogP contribution in [-0.2, 0) is 17.8 Å². The average Bonchev–Trinajstić information content (AvgIpc) is 2.76. The van der Waals surface area contributed by atoms with Crippen LogP contribution in [0.3, 0.4) is 0 Å². The molecule has 1 aliphatic heterocycles. The Kier molecular flexibility index (Phi) is 6.30. The molecule has 0 spiro atoms. The number of halogens is 1. The van der Waals surface area contributed by atoms with E-state index < -0.39 is 0 Å². The summed E-state index contributed by atoms with van der Waals surface area (Å²) >= 11 is 5.96. The highest BCUT2D eigenvalue weighted by atomic mass is 35.5. The zero-order chi connectivity index (χ0) is 20.1. The molecule has 4 rings (SSSR count). The van der Waals surface area contributed by atoms with Gasteiger partial charge in [0.05, 0.1) is 13.2 Å². The predicted octanol–water partition coefficient (Wildman–Crippen LogP) is 4.14. The number of benzene rings is 2. The first-order valence-electron chi connectivity index (χ1n) is 9.78. The van der Waals surface area contributed by atoms with E-state index in [1.807, 2.05) is 30.3 Å². The number of rotatable bonds is 6. The zero-order valence-electron chi connectivity index (χ0n) is 16.2. The Hall–Kier alpha value is -2.60. The number of pyridine rings is 1. The number of nitrogens with zero attached hydrogens (tertiary/aromatic N) is 1. The minimum Gasteiger partial charge on any atom is -0.381 e. The Labute approximate surface area is 175 Å². The van der Waals surface area contributed by atoms with Crippen LogP contribution in [0.5, 0.6) is 0 Å². The number of hydrogen-bond acceptors (Lipinski definition) is 4. The molecule has 0 unspecified atom stereocenters. The minimum absolute atomic E-state index is 0.0841. The Balaban J connectivity index is 1.40. The fourth-order valence-corrected chi connectivity index (χ4v) is 3.54. The van der Waals surface area contributed by atoms with E-state index in [1.165, 1.54) is 5.56 Å². The van der Waals surface area contributed by atoms with Gasteiger partial charge in [-0.2, -0.15) is 0 Å². The van der Waals surface area contributed by atoms with Crippen LogP contribution >= 0.6 is 11.6 Å². The van der Waals surface area contributed by atoms with E-state index in [2.05, 4.69) is 39.5 Å². The van der Waals surface area contributed by atoms with Crippen LogP contribution in [0.4, 0.5) is 5.69 Å². The number of anilines is 1. The summed E-state index contributed by atoms with van der Waals surface area (Å²) in [5.41, 5.74) is 4.85. The third-order valence-corrected chi connectivity index (χ3v) is 5.36. The Morgan fingerprint density at radius 3 is 2.45 bits per heavy atom. The molecule has 5 nitrogen and oxygen atoms in total. The summed E-state index contributed by atoms with van der Waals surface area (Å²) in [6.45, 7) is 4.97. The molecule has 1 fully saturated rings. The second-order valence-corrected chi connectivity index (χ2v) is 7.63. The molecule has 0 saturated carbocycles. The van der Waals surface area contributed by atoms with Crippen molar-refractivity contribution in [2.45, 2.75) is 13.1 Å². The second kappa shape index (κ2) is 9.27. The number of aromatic amines is 1. The van der Waals surface area contributed by atoms with Gasteiger partial charge in [0.2, 0.25) is 0 Å². The molecule has 0 aliphatic carbocycles. The summed E-state index contributed by atoms with van der Waals surface area (Å²) in [4.78, 5) is 17.4. The highest BCUT2D eigenvalue weighted by Gasteiger charge is 2.10. The lowest BCUT2D eigenvalue weighted by Gasteiger charge is -2.26. The van der Waals surface area contributed by atoms with Crippen molar-refractivity contribution in [2.75, 3.05) is 31.6 Å². The molecule has 1 aliphatic rings. The number of hydrogen-bond donors (Lipinski definition) is 2. The smallest absolute Gasteiger partial charge is 0.252 e. The van der Waals surface area contributed by atoms with E-state index in [0.717, 1.165) is 49.7 Å². The second-order valence-electron chi connectivity index (χ2n) is 7.19. The van der Waals surface area contributed by atoms with Crippen molar-refractivity contribution >= 4 is 17.3 Å². The lowest BCUT2D eigenvalue weighted by Crippen LogP contribution is -2.35. The van der Waals surface area contributed by atoms with Crippen LogP contribution in [0.25, 0.3) is 11.1 Å². The maximum Gasteiger partial charge on any atom is 0.252 e. The molecular formula is C23H24ClN3O2. The van der Waals surface area contributed by atoms with Gasteiger partial charge >= 0.3 is 0 Å². The molecule has 29 heavy (non-hydrogen) atoms. The molecule has 1 saturated heterocycles. The molecule has 0 atom stereocenters. The Morgan fingerprint density at radius 1 is 1.00 bits per heavy atom. The van der Waals surface area contributed by atoms with Gasteiger partial charge in [-0.3, -0.25) is 9.69 Å². The van der Waals surface area contributed by atoms with Crippen LogP contribution in [0.1, 0.15) is 11.1 Å². The average molecular weight is 410 g/mol. The predicted molar refractivity (Wildman–Crippen MR) is 117 cm³/mol. The fourth-order valence-electron chi connectivity index (χ4n) is 3.41. The number of ether oxygens (including phenoxy) is 1. The van der Waals surface area contributed by atoms with Crippen molar-refractivity contribution in [2.24, 2.45) is 0 Å². The summed E-state index contributed by atoms with van der Waals surface area (Å²) in [6.07, 6.45) is 1.73. The lowest BCUT2D eigenvalue weighted by atomic mass is 10.1. The van der Waals surface area contributed by atoms with Gasteiger partial charge in [0.1, 0.15) is 0 Å². The summed E-state index contributed by atoms with van der Waals surface area (Å²) < 4.78 is 5.40. The fraction of sp³-hybridized carbons (Fsp3) is 0.261.